The maximum Gasteiger partial charge on any atom is 0.230 e. The van der Waals surface area contributed by atoms with Crippen LogP contribution < -0.4 is 5.32 Å². The molecule has 4 heteroatoms. The lowest BCUT2D eigenvalue weighted by molar-refractivity contribution is -0.123. The number of amides is 1. The molecule has 0 aliphatic heterocycles. The summed E-state index contributed by atoms with van der Waals surface area (Å²) in [6.07, 6.45) is 3.56. The Bertz CT molecular complexity index is 677. The maximum atomic E-state index is 12.5. The quantitative estimate of drug-likeness (QED) is 0.936. The fraction of sp³-hybridized carbons (Fsp3) is 0.353. The molecule has 1 aliphatic rings. The molecule has 0 radical (unpaired) electrons. The molecule has 1 N–H and O–H groups in total. The number of benzene rings is 1. The number of nitrogens with zero attached hydrogens (tertiary/aromatic N) is 2. The number of nitrogens with one attached hydrogen (secondary N) is 1. The third kappa shape index (κ3) is 2.79. The van der Waals surface area contributed by atoms with E-state index in [0.717, 1.165) is 29.9 Å². The van der Waals surface area contributed by atoms with Gasteiger partial charge in [0.25, 0.3) is 0 Å². The standard InChI is InChI=1S/C17H19N3O/c1-12-4-3-5-14(10-12)17(7-8-17)16(21)19-11-15-6-9-18-13(2)20-15/h3-6,9-10H,7-8,11H2,1-2H3,(H,19,21). The molecule has 1 amide bonds. The monoisotopic (exact) mass is 281 g/mol. The van der Waals surface area contributed by atoms with Crippen LogP contribution in [0.4, 0.5) is 0 Å². The van der Waals surface area contributed by atoms with Crippen molar-refractivity contribution in [2.24, 2.45) is 0 Å². The largest absolute Gasteiger partial charge is 0.350 e. The van der Waals surface area contributed by atoms with E-state index in [1.54, 1.807) is 6.20 Å². The molecule has 0 unspecified atom stereocenters. The van der Waals surface area contributed by atoms with Gasteiger partial charge in [-0.25, -0.2) is 9.97 Å². The Hall–Kier alpha value is -2.23. The van der Waals surface area contributed by atoms with E-state index in [9.17, 15) is 4.79 Å². The minimum absolute atomic E-state index is 0.101. The predicted molar refractivity (Wildman–Crippen MR) is 80.7 cm³/mol. The van der Waals surface area contributed by atoms with Crippen LogP contribution in [0, 0.1) is 13.8 Å². The second kappa shape index (κ2) is 5.28. The van der Waals surface area contributed by atoms with Gasteiger partial charge in [0, 0.05) is 6.20 Å². The van der Waals surface area contributed by atoms with Gasteiger partial charge in [-0.3, -0.25) is 4.79 Å². The predicted octanol–water partition coefficient (Wildman–Crippen LogP) is 2.44. The molecule has 1 aliphatic carbocycles. The molecule has 1 aromatic carbocycles. The lowest BCUT2D eigenvalue weighted by atomic mass is 9.93. The van der Waals surface area contributed by atoms with Crippen LogP contribution in [0.15, 0.2) is 36.5 Å². The Morgan fingerprint density at radius 1 is 1.29 bits per heavy atom. The molecule has 1 heterocycles. The van der Waals surface area contributed by atoms with Crippen LogP contribution in [-0.4, -0.2) is 15.9 Å². The van der Waals surface area contributed by atoms with Crippen molar-refractivity contribution in [3.8, 4) is 0 Å². The van der Waals surface area contributed by atoms with E-state index in [0.29, 0.717) is 6.54 Å². The molecule has 0 spiro atoms. The Morgan fingerprint density at radius 3 is 2.76 bits per heavy atom. The van der Waals surface area contributed by atoms with E-state index in [2.05, 4.69) is 40.4 Å². The topological polar surface area (TPSA) is 54.9 Å². The summed E-state index contributed by atoms with van der Waals surface area (Å²) in [5.41, 5.74) is 2.83. The van der Waals surface area contributed by atoms with Gasteiger partial charge in [-0.15, -0.1) is 0 Å². The highest BCUT2D eigenvalue weighted by Crippen LogP contribution is 2.48. The molecule has 0 bridgehead atoms. The number of rotatable bonds is 4. The van der Waals surface area contributed by atoms with E-state index >= 15 is 0 Å². The van der Waals surface area contributed by atoms with Gasteiger partial charge in [0.15, 0.2) is 0 Å². The van der Waals surface area contributed by atoms with Gasteiger partial charge in [-0.2, -0.15) is 0 Å². The van der Waals surface area contributed by atoms with Crippen LogP contribution in [0.25, 0.3) is 0 Å². The summed E-state index contributed by atoms with van der Waals surface area (Å²) < 4.78 is 0. The summed E-state index contributed by atoms with van der Waals surface area (Å²) in [6, 6.07) is 10.1. The van der Waals surface area contributed by atoms with E-state index in [1.165, 1.54) is 5.56 Å². The van der Waals surface area contributed by atoms with Crippen LogP contribution >= 0.6 is 0 Å². The Morgan fingerprint density at radius 2 is 2.10 bits per heavy atom. The third-order valence-corrected chi connectivity index (χ3v) is 4.02. The van der Waals surface area contributed by atoms with Gasteiger partial charge in [0.2, 0.25) is 5.91 Å². The molecular weight excluding hydrogens is 262 g/mol. The molecule has 2 aromatic rings. The first-order valence-electron chi connectivity index (χ1n) is 7.24. The summed E-state index contributed by atoms with van der Waals surface area (Å²) in [5, 5.41) is 3.02. The van der Waals surface area contributed by atoms with E-state index in [1.807, 2.05) is 19.1 Å². The minimum Gasteiger partial charge on any atom is -0.350 e. The van der Waals surface area contributed by atoms with E-state index in [-0.39, 0.29) is 11.3 Å². The zero-order valence-corrected chi connectivity index (χ0v) is 12.4. The summed E-state index contributed by atoms with van der Waals surface area (Å²) in [5.74, 6) is 0.825. The van der Waals surface area contributed by atoms with Crippen LogP contribution in [0.3, 0.4) is 0 Å². The van der Waals surface area contributed by atoms with Gasteiger partial charge in [0.1, 0.15) is 5.82 Å². The van der Waals surface area contributed by atoms with Crippen molar-refractivity contribution in [1.82, 2.24) is 15.3 Å². The molecule has 21 heavy (non-hydrogen) atoms. The Labute approximate surface area is 124 Å². The number of carbonyl (C=O) groups excluding carboxylic acids is 1. The van der Waals surface area contributed by atoms with Gasteiger partial charge in [-0.05, 0) is 38.3 Å². The summed E-state index contributed by atoms with van der Waals surface area (Å²) in [7, 11) is 0. The normalized spacial score (nSPS) is 15.5. The van der Waals surface area contributed by atoms with Crippen molar-refractivity contribution >= 4 is 5.91 Å². The average molecular weight is 281 g/mol. The molecule has 1 fully saturated rings. The summed E-state index contributed by atoms with van der Waals surface area (Å²) in [6.45, 7) is 4.36. The number of carbonyl (C=O) groups is 1. The maximum absolute atomic E-state index is 12.5. The van der Waals surface area contributed by atoms with Crippen molar-refractivity contribution in [1.29, 1.82) is 0 Å². The van der Waals surface area contributed by atoms with Crippen LogP contribution in [0.2, 0.25) is 0 Å². The van der Waals surface area contributed by atoms with Crippen LogP contribution in [0.5, 0.6) is 0 Å². The molecular formula is C17H19N3O. The number of hydrogen-bond acceptors (Lipinski definition) is 3. The average Bonchev–Trinajstić information content (AvgIpc) is 3.26. The van der Waals surface area contributed by atoms with Crippen molar-refractivity contribution in [3.05, 3.63) is 59.2 Å². The van der Waals surface area contributed by atoms with Crippen LogP contribution in [0.1, 0.15) is 35.5 Å². The van der Waals surface area contributed by atoms with Crippen molar-refractivity contribution in [2.45, 2.75) is 38.6 Å². The first kappa shape index (κ1) is 13.7. The van der Waals surface area contributed by atoms with Gasteiger partial charge in [0.05, 0.1) is 17.7 Å². The lowest BCUT2D eigenvalue weighted by Gasteiger charge is -2.16. The molecule has 1 aromatic heterocycles. The van der Waals surface area contributed by atoms with Gasteiger partial charge < -0.3 is 5.32 Å². The molecule has 0 atom stereocenters. The number of hydrogen-bond donors (Lipinski definition) is 1. The highest BCUT2D eigenvalue weighted by atomic mass is 16.2. The highest BCUT2D eigenvalue weighted by Gasteiger charge is 2.51. The zero-order chi connectivity index (χ0) is 14.9. The molecule has 3 rings (SSSR count). The van der Waals surface area contributed by atoms with Crippen LogP contribution in [-0.2, 0) is 16.8 Å². The lowest BCUT2D eigenvalue weighted by Crippen LogP contribution is -2.34. The fourth-order valence-electron chi connectivity index (χ4n) is 2.66. The first-order valence-corrected chi connectivity index (χ1v) is 7.24. The second-order valence-electron chi connectivity index (χ2n) is 5.73. The summed E-state index contributed by atoms with van der Waals surface area (Å²) in [4.78, 5) is 20.9. The van der Waals surface area contributed by atoms with Crippen molar-refractivity contribution in [2.75, 3.05) is 0 Å². The van der Waals surface area contributed by atoms with Gasteiger partial charge >= 0.3 is 0 Å². The smallest absolute Gasteiger partial charge is 0.230 e. The molecule has 1 saturated carbocycles. The van der Waals surface area contributed by atoms with Crippen molar-refractivity contribution in [3.63, 3.8) is 0 Å². The van der Waals surface area contributed by atoms with E-state index < -0.39 is 0 Å². The van der Waals surface area contributed by atoms with Crippen molar-refractivity contribution < 1.29 is 4.79 Å². The third-order valence-electron chi connectivity index (χ3n) is 4.02. The SMILES string of the molecule is Cc1cccc(C2(C(=O)NCc3ccnc(C)n3)CC2)c1. The number of aromatic nitrogens is 2. The second-order valence-corrected chi connectivity index (χ2v) is 5.73. The number of aryl methyl sites for hydroxylation is 2. The molecule has 4 nitrogen and oxygen atoms in total. The first-order chi connectivity index (χ1) is 10.1. The fourth-order valence-corrected chi connectivity index (χ4v) is 2.66. The minimum atomic E-state index is -0.325. The van der Waals surface area contributed by atoms with Gasteiger partial charge in [-0.1, -0.05) is 29.8 Å². The summed E-state index contributed by atoms with van der Waals surface area (Å²) >= 11 is 0. The molecule has 108 valence electrons. The Balaban J connectivity index is 1.71. The highest BCUT2D eigenvalue weighted by molar-refractivity contribution is 5.91. The zero-order valence-electron chi connectivity index (χ0n) is 12.4. The Kier molecular flexibility index (Phi) is 3.45. The van der Waals surface area contributed by atoms with E-state index in [4.69, 9.17) is 0 Å². The molecule has 0 saturated heterocycles.